The highest BCUT2D eigenvalue weighted by atomic mass is 16.6. The molecule has 1 aromatic carbocycles. The second kappa shape index (κ2) is 7.77. The van der Waals surface area contributed by atoms with E-state index in [-0.39, 0.29) is 18.2 Å². The van der Waals surface area contributed by atoms with Crippen LogP contribution in [0.4, 0.5) is 4.79 Å². The average molecular weight is 399 g/mol. The van der Waals surface area contributed by atoms with Crippen LogP contribution in [0.5, 0.6) is 0 Å². The molecule has 1 aromatic rings. The molecule has 2 heterocycles. The first-order chi connectivity index (χ1) is 13.9. The van der Waals surface area contributed by atoms with E-state index >= 15 is 0 Å². The monoisotopic (exact) mass is 399 g/mol. The molecule has 0 radical (unpaired) electrons. The molecule has 1 saturated heterocycles. The number of carboxylic acid groups (broad SMARTS) is 1. The van der Waals surface area contributed by atoms with Gasteiger partial charge in [0.2, 0.25) is 0 Å². The molecule has 1 saturated carbocycles. The summed E-state index contributed by atoms with van der Waals surface area (Å²) in [6.45, 7) is 0.675. The van der Waals surface area contributed by atoms with Crippen molar-refractivity contribution in [2.24, 2.45) is 11.8 Å². The van der Waals surface area contributed by atoms with Gasteiger partial charge in [-0.15, -0.1) is 0 Å². The maximum atomic E-state index is 12.7. The first kappa shape index (κ1) is 19.3. The van der Waals surface area contributed by atoms with Gasteiger partial charge < -0.3 is 14.7 Å². The highest BCUT2D eigenvalue weighted by Crippen LogP contribution is 2.41. The summed E-state index contributed by atoms with van der Waals surface area (Å²) in [6.07, 6.45) is 3.80. The summed E-state index contributed by atoms with van der Waals surface area (Å²) in [4.78, 5) is 39.0. The minimum atomic E-state index is -1.24. The standard InChI is InChI=1S/C21H25N3O5/c1-22(21(28)29-13-14-5-3-2-4-6-14)24-17(20(26)27)11-19(25)23-12-16-8-7-15(9-16)10-18(23)24/h2-6,11,15-16,18H,7-10,12-13H2,1H3,(H,26,27). The van der Waals surface area contributed by atoms with Gasteiger partial charge >= 0.3 is 12.1 Å². The number of carbonyl (C=O) groups is 3. The molecule has 8 heteroatoms. The number of nitrogens with zero attached hydrogens (tertiary/aromatic N) is 3. The zero-order valence-electron chi connectivity index (χ0n) is 16.4. The maximum Gasteiger partial charge on any atom is 0.428 e. The normalized spacial score (nSPS) is 25.8. The molecule has 3 atom stereocenters. The van der Waals surface area contributed by atoms with E-state index in [0.717, 1.165) is 30.9 Å². The van der Waals surface area contributed by atoms with Gasteiger partial charge in [0.05, 0.1) is 0 Å². The fourth-order valence-electron chi connectivity index (χ4n) is 4.70. The molecule has 2 amide bonds. The molecular weight excluding hydrogens is 374 g/mol. The zero-order chi connectivity index (χ0) is 20.5. The van der Waals surface area contributed by atoms with Crippen LogP contribution in [0.2, 0.25) is 0 Å². The van der Waals surface area contributed by atoms with Crippen LogP contribution in [0.15, 0.2) is 42.1 Å². The number of hydrogen-bond donors (Lipinski definition) is 1. The van der Waals surface area contributed by atoms with Gasteiger partial charge in [0, 0.05) is 19.7 Å². The summed E-state index contributed by atoms with van der Waals surface area (Å²) >= 11 is 0. The zero-order valence-corrected chi connectivity index (χ0v) is 16.4. The molecule has 0 aromatic heterocycles. The van der Waals surface area contributed by atoms with Gasteiger partial charge in [-0.3, -0.25) is 4.79 Å². The van der Waals surface area contributed by atoms with E-state index in [4.69, 9.17) is 4.74 Å². The van der Waals surface area contributed by atoms with Crippen LogP contribution in [-0.2, 0) is 20.9 Å². The number of fused-ring (bicyclic) bond motifs is 3. The van der Waals surface area contributed by atoms with Crippen LogP contribution in [0.3, 0.4) is 0 Å². The summed E-state index contributed by atoms with van der Waals surface area (Å²) in [5.41, 5.74) is 0.638. The van der Waals surface area contributed by atoms with Crippen LogP contribution in [-0.4, -0.2) is 57.8 Å². The Morgan fingerprint density at radius 3 is 2.62 bits per heavy atom. The lowest BCUT2D eigenvalue weighted by Crippen LogP contribution is -2.61. The molecule has 4 rings (SSSR count). The second-order valence-electron chi connectivity index (χ2n) is 8.00. The molecule has 3 unspecified atom stereocenters. The predicted octanol–water partition coefficient (Wildman–Crippen LogP) is 2.43. The molecule has 2 fully saturated rings. The van der Waals surface area contributed by atoms with Gasteiger partial charge in [0.1, 0.15) is 12.8 Å². The molecule has 2 aliphatic heterocycles. The summed E-state index contributed by atoms with van der Waals surface area (Å²) in [6, 6.07) is 9.28. The maximum absolute atomic E-state index is 12.7. The summed E-state index contributed by atoms with van der Waals surface area (Å²) < 4.78 is 5.39. The molecule has 3 aliphatic rings. The number of rotatable bonds is 4. The Hall–Kier alpha value is -3.03. The lowest BCUT2D eigenvalue weighted by molar-refractivity contribution is -0.153. The number of carbonyl (C=O) groups excluding carboxylic acids is 2. The van der Waals surface area contributed by atoms with Gasteiger partial charge in [-0.25, -0.2) is 19.6 Å². The summed E-state index contributed by atoms with van der Waals surface area (Å²) in [5.74, 6) is -0.685. The van der Waals surface area contributed by atoms with Crippen molar-refractivity contribution < 1.29 is 24.2 Å². The Morgan fingerprint density at radius 1 is 1.17 bits per heavy atom. The third kappa shape index (κ3) is 3.79. The van der Waals surface area contributed by atoms with Crippen molar-refractivity contribution in [3.63, 3.8) is 0 Å². The Labute approximate surface area is 169 Å². The molecular formula is C21H25N3O5. The van der Waals surface area contributed by atoms with Gasteiger partial charge in [0.25, 0.3) is 5.91 Å². The number of hydrogen-bond acceptors (Lipinski definition) is 5. The van der Waals surface area contributed by atoms with Crippen LogP contribution in [0.1, 0.15) is 31.2 Å². The Morgan fingerprint density at radius 2 is 1.90 bits per heavy atom. The molecule has 8 nitrogen and oxygen atoms in total. The van der Waals surface area contributed by atoms with Crippen LogP contribution < -0.4 is 0 Å². The van der Waals surface area contributed by atoms with E-state index in [1.165, 1.54) is 17.1 Å². The van der Waals surface area contributed by atoms with Crippen molar-refractivity contribution in [3.8, 4) is 0 Å². The lowest BCUT2D eigenvalue weighted by atomic mass is 10.0. The van der Waals surface area contributed by atoms with E-state index in [1.807, 2.05) is 30.3 Å². The quantitative estimate of drug-likeness (QED) is 0.836. The van der Waals surface area contributed by atoms with Crippen molar-refractivity contribution in [2.75, 3.05) is 13.6 Å². The molecule has 154 valence electrons. The van der Waals surface area contributed by atoms with Crippen molar-refractivity contribution in [2.45, 2.75) is 38.5 Å². The number of aliphatic carboxylic acids is 1. The number of carboxylic acids is 1. The Kier molecular flexibility index (Phi) is 5.17. The first-order valence-electron chi connectivity index (χ1n) is 9.93. The highest BCUT2D eigenvalue weighted by molar-refractivity contribution is 5.99. The van der Waals surface area contributed by atoms with Gasteiger partial charge in [-0.2, -0.15) is 0 Å². The van der Waals surface area contributed by atoms with E-state index in [2.05, 4.69) is 0 Å². The van der Waals surface area contributed by atoms with E-state index < -0.39 is 18.2 Å². The van der Waals surface area contributed by atoms with Crippen LogP contribution in [0.25, 0.3) is 0 Å². The van der Waals surface area contributed by atoms with E-state index in [0.29, 0.717) is 24.8 Å². The van der Waals surface area contributed by atoms with Gasteiger partial charge in [-0.1, -0.05) is 30.3 Å². The SMILES string of the molecule is CN(C(=O)OCc1ccccc1)N1C(C(=O)O)=CC(=O)N2CC3CCC(C3)CC21. The van der Waals surface area contributed by atoms with E-state index in [9.17, 15) is 19.5 Å². The van der Waals surface area contributed by atoms with Crippen molar-refractivity contribution in [1.82, 2.24) is 14.9 Å². The molecule has 2 bridgehead atoms. The average Bonchev–Trinajstić information content (AvgIpc) is 3.05. The third-order valence-electron chi connectivity index (χ3n) is 6.09. The third-order valence-corrected chi connectivity index (χ3v) is 6.09. The van der Waals surface area contributed by atoms with Crippen LogP contribution >= 0.6 is 0 Å². The highest BCUT2D eigenvalue weighted by Gasteiger charge is 2.46. The second-order valence-corrected chi connectivity index (χ2v) is 8.00. The van der Waals surface area contributed by atoms with Crippen LogP contribution in [0, 0.1) is 11.8 Å². The molecule has 1 N–H and O–H groups in total. The predicted molar refractivity (Wildman–Crippen MR) is 103 cm³/mol. The molecule has 29 heavy (non-hydrogen) atoms. The summed E-state index contributed by atoms with van der Waals surface area (Å²) in [5, 5.41) is 12.3. The summed E-state index contributed by atoms with van der Waals surface area (Å²) in [7, 11) is 1.49. The Bertz CT molecular complexity index is 840. The first-order valence-corrected chi connectivity index (χ1v) is 9.93. The minimum Gasteiger partial charge on any atom is -0.477 e. The minimum absolute atomic E-state index is 0.0853. The van der Waals surface area contributed by atoms with Crippen molar-refractivity contribution >= 4 is 18.0 Å². The topological polar surface area (TPSA) is 90.4 Å². The molecule has 0 spiro atoms. The van der Waals surface area contributed by atoms with Crippen molar-refractivity contribution in [1.29, 1.82) is 0 Å². The van der Waals surface area contributed by atoms with Gasteiger partial charge in [0.15, 0.2) is 5.70 Å². The molecule has 1 aliphatic carbocycles. The van der Waals surface area contributed by atoms with E-state index in [1.54, 1.807) is 4.90 Å². The fraction of sp³-hybridized carbons (Fsp3) is 0.476. The number of hydrazine groups is 1. The largest absolute Gasteiger partial charge is 0.477 e. The smallest absolute Gasteiger partial charge is 0.428 e. The number of ether oxygens (including phenoxy) is 1. The van der Waals surface area contributed by atoms with Gasteiger partial charge in [-0.05, 0) is 43.1 Å². The Balaban J connectivity index is 1.57. The lowest BCUT2D eigenvalue weighted by Gasteiger charge is -2.47. The number of amides is 2. The number of benzene rings is 1. The fourth-order valence-corrected chi connectivity index (χ4v) is 4.70. The van der Waals surface area contributed by atoms with Crippen molar-refractivity contribution in [3.05, 3.63) is 47.7 Å².